The van der Waals surface area contributed by atoms with E-state index in [9.17, 15) is 30.4 Å². The van der Waals surface area contributed by atoms with Crippen LogP contribution < -0.4 is 0 Å². The number of rotatable bonds is 4. The van der Waals surface area contributed by atoms with Crippen molar-refractivity contribution in [1.29, 1.82) is 0 Å². The lowest BCUT2D eigenvalue weighted by Gasteiger charge is -2.01. The van der Waals surface area contributed by atoms with Crippen LogP contribution in [0.2, 0.25) is 0 Å². The van der Waals surface area contributed by atoms with E-state index in [1.165, 1.54) is 18.2 Å². The van der Waals surface area contributed by atoms with Gasteiger partial charge in [-0.05, 0) is 30.7 Å². The van der Waals surface area contributed by atoms with E-state index >= 15 is 0 Å². The number of hydrogen-bond donors (Lipinski definition) is 2. The maximum absolute atomic E-state index is 10.8. The van der Waals surface area contributed by atoms with Gasteiger partial charge in [0.15, 0.2) is 0 Å². The second-order valence-corrected chi connectivity index (χ2v) is 4.52. The first-order valence-corrected chi connectivity index (χ1v) is 6.16. The fraction of sp³-hybridized carbons (Fsp3) is 0.0769. The van der Waals surface area contributed by atoms with E-state index in [0.717, 1.165) is 6.07 Å². The number of aromatic hydroxyl groups is 2. The molecule has 0 saturated carbocycles. The molecule has 118 valence electrons. The topological polar surface area (TPSA) is 151 Å². The van der Waals surface area contributed by atoms with Crippen LogP contribution in [0.3, 0.4) is 0 Å². The summed E-state index contributed by atoms with van der Waals surface area (Å²) >= 11 is 0. The summed E-state index contributed by atoms with van der Waals surface area (Å²) < 4.78 is 0. The Morgan fingerprint density at radius 1 is 1.00 bits per heavy atom. The van der Waals surface area contributed by atoms with Crippen LogP contribution in [0.1, 0.15) is 5.56 Å². The molecule has 2 aromatic rings. The Hall–Kier alpha value is -3.56. The van der Waals surface area contributed by atoms with E-state index in [-0.39, 0.29) is 5.75 Å². The monoisotopic (exact) mass is 318 g/mol. The summed E-state index contributed by atoms with van der Waals surface area (Å²) in [6, 6.07) is 5.80. The van der Waals surface area contributed by atoms with E-state index in [0.29, 0.717) is 17.3 Å². The Labute approximate surface area is 128 Å². The minimum absolute atomic E-state index is 0.0535. The molecule has 0 spiro atoms. The summed E-state index contributed by atoms with van der Waals surface area (Å²) in [4.78, 5) is 19.8. The van der Waals surface area contributed by atoms with Gasteiger partial charge in [-0.25, -0.2) is 0 Å². The van der Waals surface area contributed by atoms with E-state index in [4.69, 9.17) is 0 Å². The lowest BCUT2D eigenvalue weighted by Crippen LogP contribution is -1.93. The average Bonchev–Trinajstić information content (AvgIpc) is 2.49. The van der Waals surface area contributed by atoms with Crippen LogP contribution in [0.4, 0.5) is 22.7 Å². The minimum Gasteiger partial charge on any atom is -0.508 e. The van der Waals surface area contributed by atoms with Gasteiger partial charge < -0.3 is 10.2 Å². The third kappa shape index (κ3) is 3.37. The molecule has 0 aliphatic heterocycles. The van der Waals surface area contributed by atoms with Gasteiger partial charge in [-0.3, -0.25) is 20.2 Å². The predicted molar refractivity (Wildman–Crippen MR) is 78.4 cm³/mol. The second-order valence-electron chi connectivity index (χ2n) is 4.52. The van der Waals surface area contributed by atoms with E-state index in [2.05, 4.69) is 10.2 Å². The zero-order valence-corrected chi connectivity index (χ0v) is 11.7. The van der Waals surface area contributed by atoms with Crippen molar-refractivity contribution < 1.29 is 20.1 Å². The Morgan fingerprint density at radius 3 is 2.26 bits per heavy atom. The number of nitro groups is 2. The highest BCUT2D eigenvalue weighted by atomic mass is 16.6. The summed E-state index contributed by atoms with van der Waals surface area (Å²) in [5.41, 5.74) is -1.01. The fourth-order valence-corrected chi connectivity index (χ4v) is 1.72. The molecular formula is C13H10N4O6. The summed E-state index contributed by atoms with van der Waals surface area (Å²) in [5.74, 6) is -0.766. The Balaban J connectivity index is 2.49. The van der Waals surface area contributed by atoms with Crippen LogP contribution in [0.25, 0.3) is 0 Å². The molecule has 2 aromatic carbocycles. The van der Waals surface area contributed by atoms with Gasteiger partial charge in [0.2, 0.25) is 5.75 Å². The maximum atomic E-state index is 10.8. The van der Waals surface area contributed by atoms with Crippen LogP contribution in [0.5, 0.6) is 11.5 Å². The number of benzene rings is 2. The molecule has 10 heteroatoms. The number of nitro benzene ring substituents is 2. The largest absolute Gasteiger partial charge is 0.508 e. The quantitative estimate of drug-likeness (QED) is 0.498. The first-order chi connectivity index (χ1) is 10.8. The summed E-state index contributed by atoms with van der Waals surface area (Å²) in [6.45, 7) is 1.63. The predicted octanol–water partition coefficient (Wildman–Crippen LogP) is 3.64. The molecule has 0 unspecified atom stereocenters. The van der Waals surface area contributed by atoms with Crippen LogP contribution in [-0.2, 0) is 0 Å². The highest BCUT2D eigenvalue weighted by Crippen LogP contribution is 2.40. The minimum atomic E-state index is -0.952. The highest BCUT2D eigenvalue weighted by molar-refractivity contribution is 5.67. The molecule has 0 fully saturated rings. The normalized spacial score (nSPS) is 10.8. The third-order valence-corrected chi connectivity index (χ3v) is 2.92. The number of phenols is 2. The smallest absolute Gasteiger partial charge is 0.319 e. The number of non-ortho nitro benzene ring substituents is 1. The van der Waals surface area contributed by atoms with Crippen LogP contribution >= 0.6 is 0 Å². The van der Waals surface area contributed by atoms with Crippen molar-refractivity contribution in [3.05, 3.63) is 56.1 Å². The van der Waals surface area contributed by atoms with Gasteiger partial charge in [-0.2, -0.15) is 5.11 Å². The molecule has 0 atom stereocenters. The number of nitrogens with zero attached hydrogens (tertiary/aromatic N) is 4. The zero-order valence-electron chi connectivity index (χ0n) is 11.7. The number of hydrogen-bond acceptors (Lipinski definition) is 8. The Kier molecular flexibility index (Phi) is 4.16. The van der Waals surface area contributed by atoms with Crippen molar-refractivity contribution in [2.75, 3.05) is 0 Å². The number of azo groups is 1. The van der Waals surface area contributed by atoms with Gasteiger partial charge in [-0.15, -0.1) is 5.11 Å². The molecule has 2 rings (SSSR count). The van der Waals surface area contributed by atoms with Crippen LogP contribution in [0, 0.1) is 27.2 Å². The van der Waals surface area contributed by atoms with Gasteiger partial charge in [-0.1, -0.05) is 0 Å². The van der Waals surface area contributed by atoms with Crippen LogP contribution in [0.15, 0.2) is 40.6 Å². The van der Waals surface area contributed by atoms with Crippen molar-refractivity contribution in [3.8, 4) is 11.5 Å². The van der Waals surface area contributed by atoms with Gasteiger partial charge in [0.05, 0.1) is 21.6 Å². The highest BCUT2D eigenvalue weighted by Gasteiger charge is 2.24. The van der Waals surface area contributed by atoms with Crippen LogP contribution in [-0.4, -0.2) is 20.1 Å². The molecule has 0 aliphatic carbocycles. The van der Waals surface area contributed by atoms with Crippen molar-refractivity contribution in [3.63, 3.8) is 0 Å². The molecule has 2 N–H and O–H groups in total. The molecule has 0 amide bonds. The Morgan fingerprint density at radius 2 is 1.70 bits per heavy atom. The van der Waals surface area contributed by atoms with E-state index < -0.39 is 32.7 Å². The first-order valence-electron chi connectivity index (χ1n) is 6.16. The van der Waals surface area contributed by atoms with Crippen molar-refractivity contribution in [2.24, 2.45) is 10.2 Å². The number of phenolic OH excluding ortho intramolecular Hbond substituents is 2. The molecule has 0 radical (unpaired) electrons. The second kappa shape index (κ2) is 6.05. The first kappa shape index (κ1) is 15.8. The average molecular weight is 318 g/mol. The molecule has 0 bridgehead atoms. The van der Waals surface area contributed by atoms with Crippen molar-refractivity contribution >= 4 is 22.7 Å². The lowest BCUT2D eigenvalue weighted by atomic mass is 10.2. The third-order valence-electron chi connectivity index (χ3n) is 2.92. The number of aryl methyl sites for hydroxylation is 1. The zero-order chi connectivity index (χ0) is 17.1. The van der Waals surface area contributed by atoms with Crippen molar-refractivity contribution in [1.82, 2.24) is 0 Å². The van der Waals surface area contributed by atoms with Gasteiger partial charge in [0.25, 0.3) is 5.69 Å². The van der Waals surface area contributed by atoms with E-state index in [1.807, 2.05) is 0 Å². The molecule has 10 nitrogen and oxygen atoms in total. The molecule has 0 heterocycles. The summed E-state index contributed by atoms with van der Waals surface area (Å²) in [6.07, 6.45) is 0. The fourth-order valence-electron chi connectivity index (χ4n) is 1.72. The molecule has 0 aliphatic rings. The summed E-state index contributed by atoms with van der Waals surface area (Å²) in [7, 11) is 0. The molecular weight excluding hydrogens is 308 g/mol. The van der Waals surface area contributed by atoms with Gasteiger partial charge in [0.1, 0.15) is 11.4 Å². The molecule has 0 saturated heterocycles. The summed E-state index contributed by atoms with van der Waals surface area (Å²) in [5, 5.41) is 48.2. The molecule has 23 heavy (non-hydrogen) atoms. The Bertz CT molecular complexity index is 833. The lowest BCUT2D eigenvalue weighted by molar-refractivity contribution is -0.394. The molecule has 0 aromatic heterocycles. The SMILES string of the molecule is Cc1cc(N=Nc2cc([N+](=O)[O-])cc([N+](=O)[O-])c2O)ccc1O. The standard InChI is InChI=1S/C13H10N4O6/c1-7-4-8(2-3-12(7)18)14-15-10-5-9(16(20)21)6-11(13(10)19)17(22)23/h2-6,18-19H,1H3. The van der Waals surface area contributed by atoms with Gasteiger partial charge >= 0.3 is 5.69 Å². The maximum Gasteiger partial charge on any atom is 0.319 e. The van der Waals surface area contributed by atoms with Crippen molar-refractivity contribution in [2.45, 2.75) is 6.92 Å². The van der Waals surface area contributed by atoms with Gasteiger partial charge in [0, 0.05) is 6.07 Å². The van der Waals surface area contributed by atoms with E-state index in [1.54, 1.807) is 6.92 Å².